The smallest absolute Gasteiger partial charge is 0.226 e. The van der Waals surface area contributed by atoms with Crippen LogP contribution in [-0.4, -0.2) is 41.7 Å². The van der Waals surface area contributed by atoms with Crippen LogP contribution >= 0.6 is 0 Å². The van der Waals surface area contributed by atoms with Gasteiger partial charge in [-0.05, 0) is 51.0 Å². The quantitative estimate of drug-likeness (QED) is 0.746. The second-order valence-corrected chi connectivity index (χ2v) is 5.73. The molecule has 1 amide bonds. The van der Waals surface area contributed by atoms with Crippen molar-refractivity contribution in [1.82, 2.24) is 4.90 Å². The Kier molecular flexibility index (Phi) is 5.01. The van der Waals surface area contributed by atoms with Gasteiger partial charge in [0.15, 0.2) is 0 Å². The van der Waals surface area contributed by atoms with Crippen molar-refractivity contribution in [1.29, 1.82) is 0 Å². The Hall–Kier alpha value is -0.610. The monoisotopic (exact) mass is 254 g/mol. The van der Waals surface area contributed by atoms with Crippen LogP contribution in [0.5, 0.6) is 0 Å². The Bertz CT molecular complexity index is 279. The van der Waals surface area contributed by atoms with Crippen molar-refractivity contribution >= 4 is 5.91 Å². The molecule has 0 heterocycles. The third kappa shape index (κ3) is 2.86. The SMILES string of the molecule is NCC1CCCC1C(=O)N(CCCO)C1CCC1. The Labute approximate surface area is 110 Å². The maximum atomic E-state index is 12.6. The van der Waals surface area contributed by atoms with E-state index in [1.165, 1.54) is 6.42 Å². The molecule has 18 heavy (non-hydrogen) atoms. The zero-order valence-electron chi connectivity index (χ0n) is 11.2. The second-order valence-electron chi connectivity index (χ2n) is 5.73. The van der Waals surface area contributed by atoms with Gasteiger partial charge in [-0.3, -0.25) is 4.79 Å². The normalized spacial score (nSPS) is 28.1. The van der Waals surface area contributed by atoms with E-state index in [-0.39, 0.29) is 12.5 Å². The first-order valence-corrected chi connectivity index (χ1v) is 7.39. The Morgan fingerprint density at radius 3 is 2.50 bits per heavy atom. The molecular formula is C14H26N2O2. The number of aliphatic hydroxyl groups is 1. The molecule has 0 aromatic heterocycles. The van der Waals surface area contributed by atoms with Gasteiger partial charge >= 0.3 is 0 Å². The first kappa shape index (κ1) is 13.8. The summed E-state index contributed by atoms with van der Waals surface area (Å²) in [5.74, 6) is 0.838. The van der Waals surface area contributed by atoms with Gasteiger partial charge in [-0.25, -0.2) is 0 Å². The summed E-state index contributed by atoms with van der Waals surface area (Å²) in [6.45, 7) is 1.52. The minimum atomic E-state index is 0.147. The van der Waals surface area contributed by atoms with E-state index < -0.39 is 0 Å². The van der Waals surface area contributed by atoms with Gasteiger partial charge in [0.05, 0.1) is 0 Å². The summed E-state index contributed by atoms with van der Waals surface area (Å²) in [7, 11) is 0. The number of carbonyl (C=O) groups is 1. The fraction of sp³-hybridized carbons (Fsp3) is 0.929. The number of nitrogens with two attached hydrogens (primary N) is 1. The standard InChI is InChI=1S/C14H26N2O2/c15-10-11-4-1-7-13(11)14(18)16(8-3-9-17)12-5-2-6-12/h11-13,17H,1-10,15H2. The van der Waals surface area contributed by atoms with Gasteiger partial charge < -0.3 is 15.7 Å². The van der Waals surface area contributed by atoms with Crippen molar-refractivity contribution in [2.24, 2.45) is 17.6 Å². The predicted molar refractivity (Wildman–Crippen MR) is 70.9 cm³/mol. The lowest BCUT2D eigenvalue weighted by atomic mass is 9.88. The van der Waals surface area contributed by atoms with E-state index in [0.717, 1.165) is 32.1 Å². The number of rotatable bonds is 6. The molecule has 0 spiro atoms. The van der Waals surface area contributed by atoms with E-state index in [4.69, 9.17) is 10.8 Å². The highest BCUT2D eigenvalue weighted by Crippen LogP contribution is 2.35. The van der Waals surface area contributed by atoms with Crippen LogP contribution in [0.25, 0.3) is 0 Å². The van der Waals surface area contributed by atoms with E-state index in [2.05, 4.69) is 0 Å². The minimum Gasteiger partial charge on any atom is -0.396 e. The van der Waals surface area contributed by atoms with E-state index in [1.54, 1.807) is 0 Å². The van der Waals surface area contributed by atoms with Crippen LogP contribution in [0.15, 0.2) is 0 Å². The topological polar surface area (TPSA) is 66.6 Å². The van der Waals surface area contributed by atoms with Crippen molar-refractivity contribution in [3.8, 4) is 0 Å². The molecule has 2 rings (SSSR count). The van der Waals surface area contributed by atoms with Gasteiger partial charge in [-0.1, -0.05) is 6.42 Å². The van der Waals surface area contributed by atoms with Crippen LogP contribution in [0.4, 0.5) is 0 Å². The fourth-order valence-electron chi connectivity index (χ4n) is 3.27. The van der Waals surface area contributed by atoms with Crippen LogP contribution in [0.1, 0.15) is 44.9 Å². The van der Waals surface area contributed by atoms with Crippen LogP contribution in [-0.2, 0) is 4.79 Å². The van der Waals surface area contributed by atoms with Gasteiger partial charge in [0, 0.05) is 25.1 Å². The Balaban J connectivity index is 1.97. The molecule has 2 fully saturated rings. The summed E-state index contributed by atoms with van der Waals surface area (Å²) < 4.78 is 0. The summed E-state index contributed by atoms with van der Waals surface area (Å²) in [6, 6.07) is 0.433. The van der Waals surface area contributed by atoms with E-state index in [0.29, 0.717) is 37.4 Å². The minimum absolute atomic E-state index is 0.147. The molecular weight excluding hydrogens is 228 g/mol. The molecule has 0 aliphatic heterocycles. The highest BCUT2D eigenvalue weighted by Gasteiger charge is 2.37. The maximum absolute atomic E-state index is 12.6. The summed E-state index contributed by atoms with van der Waals surface area (Å²) in [6.07, 6.45) is 7.44. The van der Waals surface area contributed by atoms with E-state index >= 15 is 0 Å². The zero-order chi connectivity index (χ0) is 13.0. The number of hydrogen-bond acceptors (Lipinski definition) is 3. The average Bonchev–Trinajstić information content (AvgIpc) is 2.79. The van der Waals surface area contributed by atoms with Gasteiger partial charge in [0.1, 0.15) is 0 Å². The van der Waals surface area contributed by atoms with Crippen molar-refractivity contribution in [2.45, 2.75) is 51.0 Å². The largest absolute Gasteiger partial charge is 0.396 e. The van der Waals surface area contributed by atoms with Crippen LogP contribution in [0.2, 0.25) is 0 Å². The summed E-state index contributed by atoms with van der Waals surface area (Å²) in [4.78, 5) is 14.7. The lowest BCUT2D eigenvalue weighted by Crippen LogP contribution is -2.48. The number of carbonyl (C=O) groups excluding carboxylic acids is 1. The molecule has 2 unspecified atom stereocenters. The summed E-state index contributed by atoms with van der Waals surface area (Å²) >= 11 is 0. The van der Waals surface area contributed by atoms with Gasteiger partial charge in [-0.2, -0.15) is 0 Å². The lowest BCUT2D eigenvalue weighted by molar-refractivity contribution is -0.141. The molecule has 2 aliphatic rings. The van der Waals surface area contributed by atoms with Crippen molar-refractivity contribution < 1.29 is 9.90 Å². The second kappa shape index (κ2) is 6.53. The van der Waals surface area contributed by atoms with Crippen LogP contribution in [0.3, 0.4) is 0 Å². The van der Waals surface area contributed by atoms with Crippen molar-refractivity contribution in [2.75, 3.05) is 19.7 Å². The average molecular weight is 254 g/mol. The molecule has 0 bridgehead atoms. The van der Waals surface area contributed by atoms with Gasteiger partial charge in [0.25, 0.3) is 0 Å². The molecule has 0 radical (unpaired) electrons. The molecule has 4 nitrogen and oxygen atoms in total. The first-order valence-electron chi connectivity index (χ1n) is 7.39. The van der Waals surface area contributed by atoms with Gasteiger partial charge in [0.2, 0.25) is 5.91 Å². The third-order valence-electron chi connectivity index (χ3n) is 4.63. The highest BCUT2D eigenvalue weighted by atomic mass is 16.3. The van der Waals surface area contributed by atoms with Crippen LogP contribution < -0.4 is 5.73 Å². The lowest BCUT2D eigenvalue weighted by Gasteiger charge is -2.39. The third-order valence-corrected chi connectivity index (χ3v) is 4.63. The molecule has 2 aliphatic carbocycles. The van der Waals surface area contributed by atoms with Gasteiger partial charge in [-0.15, -0.1) is 0 Å². The Morgan fingerprint density at radius 2 is 1.94 bits per heavy atom. The number of amides is 1. The summed E-state index contributed by atoms with van der Waals surface area (Å²) in [5.41, 5.74) is 5.77. The zero-order valence-corrected chi connectivity index (χ0v) is 11.2. The molecule has 0 saturated heterocycles. The fourth-order valence-corrected chi connectivity index (χ4v) is 3.27. The molecule has 0 aromatic rings. The number of hydrogen-bond donors (Lipinski definition) is 2. The van der Waals surface area contributed by atoms with Crippen molar-refractivity contribution in [3.05, 3.63) is 0 Å². The highest BCUT2D eigenvalue weighted by molar-refractivity contribution is 5.80. The molecule has 104 valence electrons. The summed E-state index contributed by atoms with van der Waals surface area (Å²) in [5, 5.41) is 8.97. The van der Waals surface area contributed by atoms with E-state index in [9.17, 15) is 4.79 Å². The number of nitrogens with zero attached hydrogens (tertiary/aromatic N) is 1. The molecule has 2 saturated carbocycles. The van der Waals surface area contributed by atoms with Crippen molar-refractivity contribution in [3.63, 3.8) is 0 Å². The predicted octanol–water partition coefficient (Wildman–Crippen LogP) is 1.12. The Morgan fingerprint density at radius 1 is 1.22 bits per heavy atom. The maximum Gasteiger partial charge on any atom is 0.226 e. The molecule has 0 aromatic carbocycles. The first-order chi connectivity index (χ1) is 8.77. The van der Waals surface area contributed by atoms with Crippen LogP contribution in [0, 0.1) is 11.8 Å². The van der Waals surface area contributed by atoms with E-state index in [1.807, 2.05) is 4.90 Å². The number of aliphatic hydroxyl groups excluding tert-OH is 1. The molecule has 3 N–H and O–H groups in total. The molecule has 2 atom stereocenters. The molecule has 4 heteroatoms.